The van der Waals surface area contributed by atoms with Crippen LogP contribution in [0, 0.1) is 13.8 Å². The van der Waals surface area contributed by atoms with E-state index in [2.05, 4.69) is 27.4 Å². The SMILES string of the molecule is Cc1c(Cl)cccc1N1CCN(CCCN(C)C(=O)c2nc(-c3ccccc3)n(-c3ccccc3)c2C)CC1. The van der Waals surface area contributed by atoms with Gasteiger partial charge in [-0.1, -0.05) is 66.2 Å². The van der Waals surface area contributed by atoms with Crippen LogP contribution in [0.25, 0.3) is 17.1 Å². The topological polar surface area (TPSA) is 44.6 Å². The largest absolute Gasteiger partial charge is 0.369 e. The molecule has 1 saturated heterocycles. The minimum atomic E-state index is -0.0411. The molecule has 2 heterocycles. The number of carbonyl (C=O) groups is 1. The van der Waals surface area contributed by atoms with E-state index in [-0.39, 0.29) is 5.91 Å². The van der Waals surface area contributed by atoms with Crippen LogP contribution in [0.1, 0.15) is 28.2 Å². The quantitative estimate of drug-likeness (QED) is 0.270. The first kappa shape index (κ1) is 27.0. The van der Waals surface area contributed by atoms with Gasteiger partial charge in [-0.25, -0.2) is 4.98 Å². The van der Waals surface area contributed by atoms with E-state index in [1.54, 1.807) is 0 Å². The van der Waals surface area contributed by atoms with Gasteiger partial charge in [0.05, 0.1) is 5.69 Å². The van der Waals surface area contributed by atoms with Gasteiger partial charge in [0.15, 0.2) is 0 Å². The van der Waals surface area contributed by atoms with Crippen LogP contribution in [0.2, 0.25) is 5.02 Å². The van der Waals surface area contributed by atoms with E-state index >= 15 is 0 Å². The van der Waals surface area contributed by atoms with Crippen molar-refractivity contribution in [2.75, 3.05) is 51.2 Å². The average molecular weight is 542 g/mol. The summed E-state index contributed by atoms with van der Waals surface area (Å²) in [5.41, 5.74) is 5.71. The second-order valence-corrected chi connectivity index (χ2v) is 10.6. The summed E-state index contributed by atoms with van der Waals surface area (Å²) in [7, 11) is 1.88. The Morgan fingerprint density at radius 3 is 2.26 bits per heavy atom. The summed E-state index contributed by atoms with van der Waals surface area (Å²) in [6.07, 6.45) is 0.919. The molecule has 0 radical (unpaired) electrons. The lowest BCUT2D eigenvalue weighted by Crippen LogP contribution is -2.47. The Balaban J connectivity index is 1.22. The van der Waals surface area contributed by atoms with Gasteiger partial charge in [-0.3, -0.25) is 14.3 Å². The van der Waals surface area contributed by atoms with Gasteiger partial charge < -0.3 is 9.80 Å². The number of amides is 1. The van der Waals surface area contributed by atoms with Crippen LogP contribution in [-0.2, 0) is 0 Å². The van der Waals surface area contributed by atoms with Crippen molar-refractivity contribution in [1.82, 2.24) is 19.4 Å². The fraction of sp³-hybridized carbons (Fsp3) is 0.312. The highest BCUT2D eigenvalue weighted by Gasteiger charge is 2.24. The third kappa shape index (κ3) is 5.87. The normalized spacial score (nSPS) is 14.0. The molecule has 4 aromatic rings. The molecule has 1 aromatic heterocycles. The number of rotatable bonds is 8. The molecule has 3 aromatic carbocycles. The van der Waals surface area contributed by atoms with Crippen LogP contribution in [0.15, 0.2) is 78.9 Å². The van der Waals surface area contributed by atoms with Crippen LogP contribution in [0.3, 0.4) is 0 Å². The van der Waals surface area contributed by atoms with E-state index < -0.39 is 0 Å². The number of hydrogen-bond acceptors (Lipinski definition) is 4. The van der Waals surface area contributed by atoms with E-state index in [0.29, 0.717) is 12.2 Å². The predicted molar refractivity (Wildman–Crippen MR) is 160 cm³/mol. The van der Waals surface area contributed by atoms with Gasteiger partial charge in [-0.15, -0.1) is 0 Å². The molecular formula is C32H36ClN5O. The number of piperazine rings is 1. The number of benzene rings is 3. The van der Waals surface area contributed by atoms with Crippen molar-refractivity contribution < 1.29 is 4.79 Å². The maximum absolute atomic E-state index is 13.6. The van der Waals surface area contributed by atoms with E-state index in [9.17, 15) is 4.79 Å². The minimum absolute atomic E-state index is 0.0411. The van der Waals surface area contributed by atoms with Crippen LogP contribution >= 0.6 is 11.6 Å². The first-order valence-electron chi connectivity index (χ1n) is 13.6. The van der Waals surface area contributed by atoms with Gasteiger partial charge in [0, 0.05) is 61.7 Å². The number of para-hydroxylation sites is 1. The molecule has 0 aliphatic carbocycles. The van der Waals surface area contributed by atoms with Gasteiger partial charge in [-0.2, -0.15) is 0 Å². The molecule has 202 valence electrons. The van der Waals surface area contributed by atoms with E-state index in [4.69, 9.17) is 16.6 Å². The Kier molecular flexibility index (Phi) is 8.34. The zero-order chi connectivity index (χ0) is 27.4. The Labute approximate surface area is 236 Å². The van der Waals surface area contributed by atoms with Crippen molar-refractivity contribution in [2.45, 2.75) is 20.3 Å². The first-order valence-corrected chi connectivity index (χ1v) is 14.0. The molecular weight excluding hydrogens is 506 g/mol. The monoisotopic (exact) mass is 541 g/mol. The Morgan fingerprint density at radius 2 is 1.56 bits per heavy atom. The predicted octanol–water partition coefficient (Wildman–Crippen LogP) is 6.09. The summed E-state index contributed by atoms with van der Waals surface area (Å²) < 4.78 is 2.08. The molecule has 39 heavy (non-hydrogen) atoms. The third-order valence-corrected chi connectivity index (χ3v) is 8.03. The Bertz CT molecular complexity index is 1410. The lowest BCUT2D eigenvalue weighted by Gasteiger charge is -2.37. The number of imidazole rings is 1. The van der Waals surface area contributed by atoms with Crippen LogP contribution < -0.4 is 4.90 Å². The molecule has 0 bridgehead atoms. The highest BCUT2D eigenvalue weighted by Crippen LogP contribution is 2.28. The second-order valence-electron chi connectivity index (χ2n) is 10.2. The molecule has 0 atom stereocenters. The third-order valence-electron chi connectivity index (χ3n) is 7.62. The van der Waals surface area contributed by atoms with Crippen molar-refractivity contribution in [3.05, 3.63) is 101 Å². The molecule has 1 aliphatic rings. The van der Waals surface area contributed by atoms with E-state index in [1.165, 1.54) is 5.69 Å². The zero-order valence-corrected chi connectivity index (χ0v) is 23.7. The van der Waals surface area contributed by atoms with Crippen molar-refractivity contribution in [3.8, 4) is 17.1 Å². The van der Waals surface area contributed by atoms with Gasteiger partial charge >= 0.3 is 0 Å². The zero-order valence-electron chi connectivity index (χ0n) is 23.0. The standard InChI is InChI=1S/C32H36ClN5O/c1-24-28(33)16-10-17-29(24)37-22-20-36(21-23-37)19-11-18-35(3)32(39)30-25(2)38(27-14-8-5-9-15-27)31(34-30)26-12-6-4-7-13-26/h4-10,12-17H,11,18-23H2,1-3H3. The minimum Gasteiger partial charge on any atom is -0.369 e. The maximum atomic E-state index is 13.6. The van der Waals surface area contributed by atoms with Crippen molar-refractivity contribution >= 4 is 23.2 Å². The smallest absolute Gasteiger partial charge is 0.274 e. The fourth-order valence-electron chi connectivity index (χ4n) is 5.34. The summed E-state index contributed by atoms with van der Waals surface area (Å²) >= 11 is 6.34. The summed E-state index contributed by atoms with van der Waals surface area (Å²) in [4.78, 5) is 25.1. The van der Waals surface area contributed by atoms with Crippen LogP contribution in [0.4, 0.5) is 5.69 Å². The molecule has 1 amide bonds. The van der Waals surface area contributed by atoms with Crippen molar-refractivity contribution in [3.63, 3.8) is 0 Å². The van der Waals surface area contributed by atoms with Gasteiger partial charge in [-0.05, 0) is 56.6 Å². The molecule has 0 saturated carbocycles. The molecule has 5 rings (SSSR count). The molecule has 6 nitrogen and oxygen atoms in total. The molecule has 0 N–H and O–H groups in total. The summed E-state index contributed by atoms with van der Waals surface area (Å²) in [5, 5.41) is 0.822. The van der Waals surface area contributed by atoms with Crippen LogP contribution in [0.5, 0.6) is 0 Å². The number of carbonyl (C=O) groups excluding carboxylic acids is 1. The number of hydrogen-bond donors (Lipinski definition) is 0. The molecule has 0 unspecified atom stereocenters. The van der Waals surface area contributed by atoms with Crippen molar-refractivity contribution in [2.24, 2.45) is 0 Å². The number of anilines is 1. The molecule has 1 aliphatic heterocycles. The highest BCUT2D eigenvalue weighted by atomic mass is 35.5. The summed E-state index contributed by atoms with van der Waals surface area (Å²) in [5.74, 6) is 0.740. The first-order chi connectivity index (χ1) is 18.9. The molecule has 7 heteroatoms. The maximum Gasteiger partial charge on any atom is 0.274 e. The van der Waals surface area contributed by atoms with Gasteiger partial charge in [0.1, 0.15) is 11.5 Å². The average Bonchev–Trinajstić information content (AvgIpc) is 3.32. The second kappa shape index (κ2) is 12.1. The fourth-order valence-corrected chi connectivity index (χ4v) is 5.51. The Morgan fingerprint density at radius 1 is 0.897 bits per heavy atom. The summed E-state index contributed by atoms with van der Waals surface area (Å²) in [6.45, 7) is 9.69. The van der Waals surface area contributed by atoms with Gasteiger partial charge in [0.25, 0.3) is 5.91 Å². The number of halogens is 1. The highest BCUT2D eigenvalue weighted by molar-refractivity contribution is 6.31. The van der Waals surface area contributed by atoms with Crippen molar-refractivity contribution in [1.29, 1.82) is 0 Å². The van der Waals surface area contributed by atoms with Gasteiger partial charge in [0.2, 0.25) is 0 Å². The molecule has 0 spiro atoms. The van der Waals surface area contributed by atoms with Crippen LogP contribution in [-0.4, -0.2) is 71.6 Å². The molecule has 1 fully saturated rings. The van der Waals surface area contributed by atoms with E-state index in [1.807, 2.05) is 91.7 Å². The lowest BCUT2D eigenvalue weighted by molar-refractivity contribution is 0.0782. The summed E-state index contributed by atoms with van der Waals surface area (Å²) in [6, 6.07) is 26.3. The van der Waals surface area contributed by atoms with E-state index in [0.717, 1.165) is 72.5 Å². The number of nitrogens with zero attached hydrogens (tertiary/aromatic N) is 5. The lowest BCUT2D eigenvalue weighted by atomic mass is 10.1. The Hall–Kier alpha value is -3.61. The number of aromatic nitrogens is 2.